The van der Waals surface area contributed by atoms with Crippen LogP contribution in [0.15, 0.2) is 171 Å². The van der Waals surface area contributed by atoms with E-state index in [2.05, 4.69) is 148 Å². The molecule has 0 unspecified atom stereocenters. The Hall–Kier alpha value is -5.36. The number of fused-ring (bicyclic) bond motifs is 6. The Morgan fingerprint density at radius 2 is 0.906 bits per heavy atom. The molecule has 0 amide bonds. The highest BCUT2D eigenvalue weighted by Crippen LogP contribution is 2.58. The number of nitrogens with zero attached hydrogens (tertiary/aromatic N) is 1. The molecule has 0 saturated heterocycles. The van der Waals surface area contributed by atoms with Gasteiger partial charge in [-0.25, -0.2) is 0 Å². The first-order valence-corrected chi connectivity index (χ1v) is 19.7. The second kappa shape index (κ2) is 12.1. The molecule has 0 fully saturated rings. The lowest BCUT2D eigenvalue weighted by atomic mass is 9.77. The molecule has 10 rings (SSSR count). The summed E-state index contributed by atoms with van der Waals surface area (Å²) in [6.07, 6.45) is 0. The van der Waals surface area contributed by atoms with E-state index < -0.39 is 0 Å². The van der Waals surface area contributed by atoms with E-state index >= 15 is 0 Å². The number of rotatable bonds is 4. The van der Waals surface area contributed by atoms with Gasteiger partial charge in [0.05, 0.1) is 11.4 Å². The minimum absolute atomic E-state index is 0.151. The maximum atomic E-state index is 6.46. The van der Waals surface area contributed by atoms with Crippen molar-refractivity contribution < 1.29 is 9.47 Å². The predicted molar refractivity (Wildman–Crippen MR) is 219 cm³/mol. The third kappa shape index (κ3) is 5.05. The number of anilines is 3. The molecule has 0 N–H and O–H groups in total. The van der Waals surface area contributed by atoms with Crippen molar-refractivity contribution in [2.24, 2.45) is 0 Å². The minimum atomic E-state index is -0.151. The zero-order chi connectivity index (χ0) is 35.9. The summed E-state index contributed by atoms with van der Waals surface area (Å²) in [5.74, 6) is 2.91. The smallest absolute Gasteiger partial charge is 0.177 e. The summed E-state index contributed by atoms with van der Waals surface area (Å²) >= 11 is 3.77. The lowest BCUT2D eigenvalue weighted by molar-refractivity contribution is 0.361. The van der Waals surface area contributed by atoms with Gasteiger partial charge in [-0.2, -0.15) is 0 Å². The van der Waals surface area contributed by atoms with E-state index in [0.717, 1.165) is 39.8 Å². The van der Waals surface area contributed by atoms with E-state index in [-0.39, 0.29) is 10.8 Å². The standard InChI is InChI=1S/C48H37NO2S2/c1-47(2)33-15-5-9-24-42(33)52-45-35(47)17-12-19-37(45)49(38-20-13-18-36-46(38)53-43-25-10-6-16-34(43)48(36,3)4)31-28-26-30(27-29-31)32-14-11-23-41-44(32)51-40-22-8-7-21-39(40)50-41/h5-29H,1-4H3. The van der Waals surface area contributed by atoms with Gasteiger partial charge in [0.1, 0.15) is 0 Å². The van der Waals surface area contributed by atoms with Crippen LogP contribution >= 0.6 is 23.5 Å². The molecular formula is C48H37NO2S2. The SMILES string of the molecule is CC1(C)c2ccccc2Sc2c(N(c3ccc(-c4cccc5c4Oc4ccccc4O5)cc3)c3cccc4c3Sc3ccccc3C4(C)C)cccc21. The molecule has 7 aromatic rings. The largest absolute Gasteiger partial charge is 0.449 e. The number of benzene rings is 7. The molecule has 0 aromatic heterocycles. The van der Waals surface area contributed by atoms with Crippen LogP contribution in [-0.4, -0.2) is 0 Å². The van der Waals surface area contributed by atoms with Gasteiger partial charge in [-0.05, 0) is 82.4 Å². The quantitative estimate of drug-likeness (QED) is 0.180. The first-order valence-electron chi connectivity index (χ1n) is 18.1. The fourth-order valence-electron chi connectivity index (χ4n) is 8.23. The monoisotopic (exact) mass is 723 g/mol. The lowest BCUT2D eigenvalue weighted by Gasteiger charge is -2.40. The molecule has 0 aliphatic carbocycles. The average Bonchev–Trinajstić information content (AvgIpc) is 3.18. The Labute approximate surface area is 319 Å². The van der Waals surface area contributed by atoms with Gasteiger partial charge < -0.3 is 14.4 Å². The molecule has 258 valence electrons. The van der Waals surface area contributed by atoms with E-state index in [1.54, 1.807) is 0 Å². The maximum absolute atomic E-state index is 6.46. The first-order chi connectivity index (χ1) is 25.8. The fraction of sp³-hybridized carbons (Fsp3) is 0.125. The number of para-hydroxylation sites is 3. The maximum Gasteiger partial charge on any atom is 0.177 e. The summed E-state index contributed by atoms with van der Waals surface area (Å²) in [4.78, 5) is 7.69. The molecule has 3 aliphatic heterocycles. The summed E-state index contributed by atoms with van der Waals surface area (Å²) in [5, 5.41) is 0. The normalized spacial score (nSPS) is 15.2. The third-order valence-electron chi connectivity index (χ3n) is 11.1. The van der Waals surface area contributed by atoms with Crippen LogP contribution in [0.5, 0.6) is 23.0 Å². The molecule has 53 heavy (non-hydrogen) atoms. The molecular weight excluding hydrogens is 687 g/mol. The van der Waals surface area contributed by atoms with Crippen molar-refractivity contribution in [3.8, 4) is 34.1 Å². The fourth-order valence-corrected chi connectivity index (χ4v) is 11.2. The van der Waals surface area contributed by atoms with Crippen LogP contribution < -0.4 is 14.4 Å². The molecule has 0 bridgehead atoms. The van der Waals surface area contributed by atoms with Gasteiger partial charge >= 0.3 is 0 Å². The van der Waals surface area contributed by atoms with E-state index in [4.69, 9.17) is 9.47 Å². The highest BCUT2D eigenvalue weighted by atomic mass is 32.2. The summed E-state index contributed by atoms with van der Waals surface area (Å²) in [7, 11) is 0. The van der Waals surface area contributed by atoms with E-state index in [1.165, 1.54) is 53.2 Å². The second-order valence-corrected chi connectivity index (χ2v) is 17.0. The molecule has 3 aliphatic rings. The highest BCUT2D eigenvalue weighted by Gasteiger charge is 2.38. The molecule has 5 heteroatoms. The van der Waals surface area contributed by atoms with E-state index in [9.17, 15) is 0 Å². The van der Waals surface area contributed by atoms with Crippen molar-refractivity contribution in [1.82, 2.24) is 0 Å². The molecule has 0 radical (unpaired) electrons. The molecule has 3 nitrogen and oxygen atoms in total. The topological polar surface area (TPSA) is 21.7 Å². The zero-order valence-electron chi connectivity index (χ0n) is 30.0. The van der Waals surface area contributed by atoms with Crippen molar-refractivity contribution >= 4 is 40.6 Å². The van der Waals surface area contributed by atoms with Crippen molar-refractivity contribution in [2.75, 3.05) is 4.90 Å². The van der Waals surface area contributed by atoms with Crippen molar-refractivity contribution in [2.45, 2.75) is 58.1 Å². The van der Waals surface area contributed by atoms with Crippen LogP contribution in [0.1, 0.15) is 49.9 Å². The Balaban J connectivity index is 1.15. The van der Waals surface area contributed by atoms with Gasteiger partial charge in [0.2, 0.25) is 0 Å². The average molecular weight is 724 g/mol. The van der Waals surface area contributed by atoms with Gasteiger partial charge in [0.15, 0.2) is 23.0 Å². The van der Waals surface area contributed by atoms with Crippen molar-refractivity contribution in [3.05, 3.63) is 174 Å². The lowest BCUT2D eigenvalue weighted by Crippen LogP contribution is -2.26. The highest BCUT2D eigenvalue weighted by molar-refractivity contribution is 8.00. The molecule has 0 atom stereocenters. The van der Waals surface area contributed by atoms with Crippen LogP contribution in [0.3, 0.4) is 0 Å². The predicted octanol–water partition coefficient (Wildman–Crippen LogP) is 14.3. The number of hydrogen-bond donors (Lipinski definition) is 0. The van der Waals surface area contributed by atoms with Gasteiger partial charge in [-0.15, -0.1) is 0 Å². The van der Waals surface area contributed by atoms with Gasteiger partial charge in [-0.3, -0.25) is 0 Å². The summed E-state index contributed by atoms with van der Waals surface area (Å²) in [5.41, 5.74) is 10.6. The molecule has 0 saturated carbocycles. The minimum Gasteiger partial charge on any atom is -0.449 e. The van der Waals surface area contributed by atoms with Crippen LogP contribution in [0.4, 0.5) is 17.1 Å². The van der Waals surface area contributed by atoms with Crippen LogP contribution in [0.2, 0.25) is 0 Å². The van der Waals surface area contributed by atoms with Gasteiger partial charge in [0, 0.05) is 41.7 Å². The summed E-state index contributed by atoms with van der Waals surface area (Å²) in [6, 6.07) is 54.3. The van der Waals surface area contributed by atoms with E-state index in [1.807, 2.05) is 59.9 Å². The summed E-state index contributed by atoms with van der Waals surface area (Å²) < 4.78 is 12.7. The molecule has 0 spiro atoms. The Morgan fingerprint density at radius 1 is 0.434 bits per heavy atom. The second-order valence-electron chi connectivity index (χ2n) is 14.9. The Kier molecular flexibility index (Phi) is 7.37. The number of hydrogen-bond acceptors (Lipinski definition) is 5. The van der Waals surface area contributed by atoms with Crippen LogP contribution in [0.25, 0.3) is 11.1 Å². The third-order valence-corrected chi connectivity index (χ3v) is 13.5. The number of ether oxygens (including phenoxy) is 2. The van der Waals surface area contributed by atoms with Crippen molar-refractivity contribution in [3.63, 3.8) is 0 Å². The molecule has 3 heterocycles. The van der Waals surface area contributed by atoms with Gasteiger partial charge in [-0.1, -0.05) is 148 Å². The molecule has 7 aromatic carbocycles. The van der Waals surface area contributed by atoms with Crippen LogP contribution in [-0.2, 0) is 10.8 Å². The summed E-state index contributed by atoms with van der Waals surface area (Å²) in [6.45, 7) is 9.44. The van der Waals surface area contributed by atoms with Crippen molar-refractivity contribution in [1.29, 1.82) is 0 Å². The van der Waals surface area contributed by atoms with E-state index in [0.29, 0.717) is 0 Å². The first kappa shape index (κ1) is 32.3. The zero-order valence-corrected chi connectivity index (χ0v) is 31.6. The Morgan fingerprint density at radius 3 is 1.49 bits per heavy atom. The van der Waals surface area contributed by atoms with Crippen LogP contribution in [0, 0.1) is 0 Å². The Bertz CT molecular complexity index is 2480. The van der Waals surface area contributed by atoms with Gasteiger partial charge in [0.25, 0.3) is 0 Å².